The van der Waals surface area contributed by atoms with Gasteiger partial charge in [0.05, 0.1) is 0 Å². The van der Waals surface area contributed by atoms with E-state index in [4.69, 9.17) is 0 Å². The summed E-state index contributed by atoms with van der Waals surface area (Å²) in [5, 5.41) is 16.7. The second-order valence-electron chi connectivity index (χ2n) is 7.01. The minimum atomic E-state index is -0.461. The second-order valence-corrected chi connectivity index (χ2v) is 7.01. The maximum absolute atomic E-state index is 12.4. The number of urea groups is 1. The first-order chi connectivity index (χ1) is 15.6. The van der Waals surface area contributed by atoms with Gasteiger partial charge in [0.15, 0.2) is 5.82 Å². The Morgan fingerprint density at radius 1 is 0.938 bits per heavy atom. The van der Waals surface area contributed by atoms with Crippen molar-refractivity contribution >= 4 is 23.3 Å². The van der Waals surface area contributed by atoms with E-state index >= 15 is 0 Å². The van der Waals surface area contributed by atoms with Crippen molar-refractivity contribution in [3.63, 3.8) is 0 Å². The number of nitrogens with one attached hydrogen (secondary N) is 3. The van der Waals surface area contributed by atoms with Gasteiger partial charge in [-0.15, -0.1) is 0 Å². The van der Waals surface area contributed by atoms with Crippen LogP contribution in [0.15, 0.2) is 79.5 Å². The second kappa shape index (κ2) is 9.56. The van der Waals surface area contributed by atoms with Crippen LogP contribution in [0.3, 0.4) is 0 Å². The molecule has 4 rings (SSSR count). The predicted octanol–water partition coefficient (Wildman–Crippen LogP) is 2.99. The summed E-state index contributed by atoms with van der Waals surface area (Å²) in [6.07, 6.45) is 8.50. The maximum atomic E-state index is 12.4. The number of pyridine rings is 1. The third-order valence-corrected chi connectivity index (χ3v) is 4.69. The highest BCUT2D eigenvalue weighted by Gasteiger charge is 2.15. The summed E-state index contributed by atoms with van der Waals surface area (Å²) in [6, 6.07) is 13.4. The van der Waals surface area contributed by atoms with Gasteiger partial charge in [-0.3, -0.25) is 9.48 Å². The van der Waals surface area contributed by atoms with Crippen LogP contribution in [-0.4, -0.2) is 36.5 Å². The Bertz CT molecular complexity index is 1190. The predicted molar refractivity (Wildman–Crippen MR) is 119 cm³/mol. The molecule has 3 aromatic heterocycles. The number of hydrogen-bond donors (Lipinski definition) is 3. The summed E-state index contributed by atoms with van der Waals surface area (Å²) in [4.78, 5) is 29.0. The van der Waals surface area contributed by atoms with Crippen LogP contribution >= 0.6 is 0 Å². The van der Waals surface area contributed by atoms with Crippen molar-refractivity contribution in [3.05, 3.63) is 85.1 Å². The fraction of sp³-hybridized carbons (Fsp3) is 0.136. The van der Waals surface area contributed by atoms with Crippen LogP contribution in [0, 0.1) is 0 Å². The van der Waals surface area contributed by atoms with Gasteiger partial charge < -0.3 is 16.0 Å². The van der Waals surface area contributed by atoms with Gasteiger partial charge in [0, 0.05) is 48.9 Å². The third-order valence-electron chi connectivity index (χ3n) is 4.69. The topological polar surface area (TPSA) is 119 Å². The summed E-state index contributed by atoms with van der Waals surface area (Å²) < 4.78 is 3.22. The molecule has 0 aliphatic heterocycles. The molecule has 10 heteroatoms. The van der Waals surface area contributed by atoms with Crippen LogP contribution in [0.5, 0.6) is 0 Å². The molecule has 3 amide bonds. The van der Waals surface area contributed by atoms with Crippen molar-refractivity contribution in [1.29, 1.82) is 0 Å². The quantitative estimate of drug-likeness (QED) is 0.416. The van der Waals surface area contributed by atoms with Crippen LogP contribution in [0.1, 0.15) is 18.5 Å². The number of benzene rings is 1. The fourth-order valence-corrected chi connectivity index (χ4v) is 3.01. The van der Waals surface area contributed by atoms with Gasteiger partial charge in [0.1, 0.15) is 6.04 Å². The monoisotopic (exact) mass is 430 g/mol. The molecule has 0 spiro atoms. The Labute approximate surface area is 184 Å². The highest BCUT2D eigenvalue weighted by Crippen LogP contribution is 2.17. The summed E-state index contributed by atoms with van der Waals surface area (Å²) in [6.45, 7) is 2.08. The Kier molecular flexibility index (Phi) is 6.21. The van der Waals surface area contributed by atoms with E-state index in [2.05, 4.69) is 31.1 Å². The molecular formula is C22H22N8O2. The zero-order valence-electron chi connectivity index (χ0n) is 17.3. The van der Waals surface area contributed by atoms with Crippen molar-refractivity contribution in [1.82, 2.24) is 29.9 Å². The first kappa shape index (κ1) is 20.8. The molecule has 1 aromatic carbocycles. The Morgan fingerprint density at radius 2 is 1.72 bits per heavy atom. The summed E-state index contributed by atoms with van der Waals surface area (Å²) in [7, 11) is 0. The minimum Gasteiger partial charge on any atom is -0.334 e. The van der Waals surface area contributed by atoms with Crippen LogP contribution in [0.4, 0.5) is 16.2 Å². The lowest BCUT2D eigenvalue weighted by Gasteiger charge is -2.14. The highest BCUT2D eigenvalue weighted by atomic mass is 16.2. The number of anilines is 2. The SMILES string of the molecule is CC(C(=O)Nc1cccc(NC(=O)NCc2ccnc(-n3cccn3)c2)c1)n1cccn1. The number of rotatable bonds is 7. The molecular weight excluding hydrogens is 408 g/mol. The van der Waals surface area contributed by atoms with Gasteiger partial charge >= 0.3 is 6.03 Å². The molecule has 162 valence electrons. The average molecular weight is 430 g/mol. The first-order valence-corrected chi connectivity index (χ1v) is 9.98. The molecule has 1 unspecified atom stereocenters. The molecule has 0 saturated heterocycles. The van der Waals surface area contributed by atoms with Crippen molar-refractivity contribution < 1.29 is 9.59 Å². The molecule has 4 aromatic rings. The van der Waals surface area contributed by atoms with Crippen LogP contribution in [-0.2, 0) is 11.3 Å². The van der Waals surface area contributed by atoms with Crippen molar-refractivity contribution in [2.24, 2.45) is 0 Å². The van der Waals surface area contributed by atoms with E-state index < -0.39 is 6.04 Å². The number of carbonyl (C=O) groups is 2. The van der Waals surface area contributed by atoms with Crippen molar-refractivity contribution in [3.8, 4) is 5.82 Å². The van der Waals surface area contributed by atoms with Gasteiger partial charge in [-0.1, -0.05) is 6.07 Å². The number of hydrogen-bond acceptors (Lipinski definition) is 5. The Hall–Kier alpha value is -4.47. The van der Waals surface area contributed by atoms with Crippen LogP contribution in [0.25, 0.3) is 5.82 Å². The highest BCUT2D eigenvalue weighted by molar-refractivity contribution is 5.95. The minimum absolute atomic E-state index is 0.207. The fourth-order valence-electron chi connectivity index (χ4n) is 3.01. The van der Waals surface area contributed by atoms with E-state index in [1.54, 1.807) is 77.6 Å². The number of amides is 3. The van der Waals surface area contributed by atoms with E-state index in [0.717, 1.165) is 5.56 Å². The van der Waals surface area contributed by atoms with Gasteiger partial charge in [0.2, 0.25) is 5.91 Å². The summed E-state index contributed by atoms with van der Waals surface area (Å²) >= 11 is 0. The lowest BCUT2D eigenvalue weighted by Crippen LogP contribution is -2.28. The van der Waals surface area contributed by atoms with Gasteiger partial charge in [-0.25, -0.2) is 14.5 Å². The van der Waals surface area contributed by atoms with Crippen LogP contribution < -0.4 is 16.0 Å². The molecule has 1 atom stereocenters. The molecule has 32 heavy (non-hydrogen) atoms. The van der Waals surface area contributed by atoms with Gasteiger partial charge in [-0.2, -0.15) is 10.2 Å². The van der Waals surface area contributed by atoms with E-state index in [1.807, 2.05) is 18.2 Å². The summed E-state index contributed by atoms with van der Waals surface area (Å²) in [5.41, 5.74) is 2.01. The smallest absolute Gasteiger partial charge is 0.319 e. The number of carbonyl (C=O) groups excluding carboxylic acids is 2. The van der Waals surface area contributed by atoms with Crippen LogP contribution in [0.2, 0.25) is 0 Å². The normalized spacial score (nSPS) is 11.5. The van der Waals surface area contributed by atoms with E-state index in [9.17, 15) is 9.59 Å². The molecule has 3 heterocycles. The Morgan fingerprint density at radius 3 is 2.47 bits per heavy atom. The molecule has 0 aliphatic carbocycles. The number of nitrogens with zero attached hydrogens (tertiary/aromatic N) is 5. The van der Waals surface area contributed by atoms with Crippen molar-refractivity contribution in [2.45, 2.75) is 19.5 Å². The van der Waals surface area contributed by atoms with Gasteiger partial charge in [0.25, 0.3) is 0 Å². The number of aromatic nitrogens is 5. The standard InChI is InChI=1S/C22H22N8O2/c1-16(29-11-3-8-25-29)21(31)27-18-5-2-6-19(14-18)28-22(32)24-15-17-7-10-23-20(13-17)30-12-4-9-26-30/h2-14,16H,15H2,1H3,(H,27,31)(H2,24,28,32). The van der Waals surface area contributed by atoms with E-state index in [1.165, 1.54) is 0 Å². The molecule has 0 radical (unpaired) electrons. The molecule has 0 aliphatic rings. The summed E-state index contributed by atoms with van der Waals surface area (Å²) in [5.74, 6) is 0.462. The Balaban J connectivity index is 1.32. The molecule has 0 bridgehead atoms. The van der Waals surface area contributed by atoms with E-state index in [0.29, 0.717) is 23.7 Å². The first-order valence-electron chi connectivity index (χ1n) is 9.98. The maximum Gasteiger partial charge on any atom is 0.319 e. The zero-order chi connectivity index (χ0) is 22.3. The average Bonchev–Trinajstić information content (AvgIpc) is 3.52. The molecule has 10 nitrogen and oxygen atoms in total. The van der Waals surface area contributed by atoms with Gasteiger partial charge in [-0.05, 0) is 55.0 Å². The lowest BCUT2D eigenvalue weighted by atomic mass is 10.2. The zero-order valence-corrected chi connectivity index (χ0v) is 17.3. The molecule has 0 saturated carbocycles. The molecule has 0 fully saturated rings. The lowest BCUT2D eigenvalue weighted by molar-refractivity contribution is -0.119. The van der Waals surface area contributed by atoms with Crippen molar-refractivity contribution in [2.75, 3.05) is 10.6 Å². The van der Waals surface area contributed by atoms with E-state index in [-0.39, 0.29) is 11.9 Å². The third kappa shape index (κ3) is 5.17. The molecule has 3 N–H and O–H groups in total. The largest absolute Gasteiger partial charge is 0.334 e.